The van der Waals surface area contributed by atoms with Gasteiger partial charge in [0.15, 0.2) is 0 Å². The van der Waals surface area contributed by atoms with Crippen molar-refractivity contribution in [3.63, 3.8) is 0 Å². The van der Waals surface area contributed by atoms with E-state index in [1.165, 1.54) is 19.4 Å². The second kappa shape index (κ2) is 4.58. The topological polar surface area (TPSA) is 28.3 Å². The second-order valence-corrected chi connectivity index (χ2v) is 3.16. The molecule has 0 radical (unpaired) electrons. The van der Waals surface area contributed by atoms with Crippen LogP contribution in [0.15, 0.2) is 24.4 Å². The third-order valence-corrected chi connectivity index (χ3v) is 2.19. The van der Waals surface area contributed by atoms with Gasteiger partial charge in [-0.15, -0.1) is 0 Å². The van der Waals surface area contributed by atoms with Crippen molar-refractivity contribution < 1.29 is 18.4 Å². The van der Waals surface area contributed by atoms with E-state index >= 15 is 0 Å². The minimum absolute atomic E-state index is 0.208. The Labute approximate surface area is 110 Å². The van der Waals surface area contributed by atoms with E-state index in [2.05, 4.69) is 4.98 Å². The molecular formula is C13H18N2O. The van der Waals surface area contributed by atoms with Gasteiger partial charge in [0.25, 0.3) is 0 Å². The lowest BCUT2D eigenvalue weighted by Crippen LogP contribution is -2.14. The summed E-state index contributed by atoms with van der Waals surface area (Å²) in [7, 11) is 1.35. The van der Waals surface area contributed by atoms with Crippen molar-refractivity contribution in [2.75, 3.05) is 27.6 Å². The summed E-state index contributed by atoms with van der Waals surface area (Å²) in [5.74, 6) is 0.243. The maximum Gasteiger partial charge on any atom is 0.128 e. The molecule has 1 N–H and O–H groups in total. The van der Waals surface area contributed by atoms with E-state index in [-0.39, 0.29) is 21.6 Å². The van der Waals surface area contributed by atoms with Crippen LogP contribution in [0.1, 0.15) is 19.3 Å². The Hall–Kier alpha value is -1.48. The van der Waals surface area contributed by atoms with Gasteiger partial charge in [-0.1, -0.05) is 6.07 Å². The predicted molar refractivity (Wildman–Crippen MR) is 67.1 cm³/mol. The Kier molecular flexibility index (Phi) is 1.17. The molecule has 1 heterocycles. The maximum absolute atomic E-state index is 8.31. The van der Waals surface area contributed by atoms with E-state index in [4.69, 9.17) is 18.4 Å². The predicted octanol–water partition coefficient (Wildman–Crippen LogP) is 2.28. The Morgan fingerprint density at radius 2 is 2.38 bits per heavy atom. The van der Waals surface area contributed by atoms with Gasteiger partial charge in [-0.25, -0.2) is 0 Å². The Morgan fingerprint density at radius 3 is 3.12 bits per heavy atom. The highest BCUT2D eigenvalue weighted by Crippen LogP contribution is 2.28. The number of H-pyrrole nitrogens is 1. The summed E-state index contributed by atoms with van der Waals surface area (Å²) >= 11 is 0. The Bertz CT molecular complexity index is 778. The van der Waals surface area contributed by atoms with Gasteiger partial charge in [-0.05, 0) is 38.0 Å². The molecule has 0 bridgehead atoms. The minimum Gasteiger partial charge on any atom is -0.496 e. The van der Waals surface area contributed by atoms with Crippen LogP contribution in [0.3, 0.4) is 0 Å². The number of benzene rings is 1. The molecular weight excluding hydrogens is 200 g/mol. The molecule has 0 fully saturated rings. The first-order valence-corrected chi connectivity index (χ1v) is 4.60. The van der Waals surface area contributed by atoms with Crippen LogP contribution in [0.5, 0.6) is 5.75 Å². The highest BCUT2D eigenvalue weighted by atomic mass is 16.5. The minimum atomic E-state index is -3.39. The number of ether oxygens (including phenoxy) is 1. The largest absolute Gasteiger partial charge is 0.496 e. The SMILES string of the molecule is [2H]C([2H])([2H])N(C([2H])([2H])[2H])C([2H])([2H])C([2H])([2H])c1c[nH]c2cccc(OC)c12. The standard InChI is InChI=1S/C13H18N2O/c1-15(2)8-7-10-9-14-11-5-4-6-12(16-3)13(10)11/h4-6,9,14H,7-8H2,1-3H3/i1D3,2D3,7D2,8D2. The molecule has 3 nitrogen and oxygen atoms in total. The van der Waals surface area contributed by atoms with Crippen LogP contribution in [0.25, 0.3) is 10.9 Å². The second-order valence-electron chi connectivity index (χ2n) is 3.16. The van der Waals surface area contributed by atoms with Gasteiger partial charge in [0.1, 0.15) is 5.75 Å². The summed E-state index contributed by atoms with van der Waals surface area (Å²) in [6.07, 6.45) is -1.81. The van der Waals surface area contributed by atoms with Crippen molar-refractivity contribution in [3.05, 3.63) is 30.0 Å². The van der Waals surface area contributed by atoms with E-state index in [0.29, 0.717) is 5.52 Å². The fraction of sp³-hybridized carbons (Fsp3) is 0.385. The fourth-order valence-electron chi connectivity index (χ4n) is 1.54. The highest BCUT2D eigenvalue weighted by molar-refractivity contribution is 5.89. The van der Waals surface area contributed by atoms with Crippen LogP contribution in [0.4, 0.5) is 0 Å². The van der Waals surface area contributed by atoms with Crippen molar-refractivity contribution in [2.24, 2.45) is 0 Å². The molecule has 0 atom stereocenters. The summed E-state index contributed by atoms with van der Waals surface area (Å²) in [5.41, 5.74) is 0.196. The third kappa shape index (κ3) is 2.04. The smallest absolute Gasteiger partial charge is 0.128 e. The third-order valence-electron chi connectivity index (χ3n) is 2.19. The normalized spacial score (nSPS) is 23.9. The number of aromatic nitrogens is 1. The van der Waals surface area contributed by atoms with E-state index in [0.717, 1.165) is 0 Å². The molecule has 0 spiro atoms. The first kappa shape index (κ1) is 4.08. The van der Waals surface area contributed by atoms with Crippen LogP contribution < -0.4 is 4.74 Å². The zero-order chi connectivity index (χ0) is 20.1. The molecule has 0 saturated carbocycles. The summed E-state index contributed by atoms with van der Waals surface area (Å²) in [6, 6.07) is 4.79. The van der Waals surface area contributed by atoms with Crippen molar-refractivity contribution in [1.29, 1.82) is 0 Å². The average molecular weight is 228 g/mol. The zero-order valence-electron chi connectivity index (χ0n) is 18.7. The number of aromatic amines is 1. The number of hydrogen-bond acceptors (Lipinski definition) is 2. The molecule has 0 unspecified atom stereocenters. The van der Waals surface area contributed by atoms with Gasteiger partial charge >= 0.3 is 0 Å². The van der Waals surface area contributed by atoms with E-state index in [1.807, 2.05) is 0 Å². The van der Waals surface area contributed by atoms with Crippen LogP contribution in [-0.4, -0.2) is 37.4 Å². The number of nitrogens with zero attached hydrogens (tertiary/aromatic N) is 1. The van der Waals surface area contributed by atoms with Crippen molar-refractivity contribution >= 4 is 10.9 Å². The van der Waals surface area contributed by atoms with Gasteiger partial charge < -0.3 is 14.6 Å². The molecule has 0 aliphatic carbocycles. The number of nitrogens with one attached hydrogen (secondary N) is 1. The number of hydrogen-bond donors (Lipinski definition) is 1. The average Bonchev–Trinajstić information content (AvgIpc) is 2.87. The summed E-state index contributed by atoms with van der Waals surface area (Å²) in [6.45, 7) is -10.2. The van der Waals surface area contributed by atoms with E-state index in [9.17, 15) is 0 Å². The van der Waals surface area contributed by atoms with Crippen LogP contribution in [0.2, 0.25) is 0 Å². The lowest BCUT2D eigenvalue weighted by molar-refractivity contribution is 0.411. The number of likely N-dealkylation sites (N-methyl/N-ethyl adjacent to an activating group) is 1. The molecule has 2 aromatic rings. The molecule has 16 heavy (non-hydrogen) atoms. The van der Waals surface area contributed by atoms with Crippen LogP contribution in [0, 0.1) is 0 Å². The van der Waals surface area contributed by atoms with Crippen LogP contribution >= 0.6 is 0 Å². The zero-order valence-corrected chi connectivity index (χ0v) is 8.66. The first-order chi connectivity index (χ1) is 11.7. The van der Waals surface area contributed by atoms with E-state index in [1.54, 1.807) is 12.1 Å². The Balaban J connectivity index is 2.72. The van der Waals surface area contributed by atoms with Crippen molar-refractivity contribution in [2.45, 2.75) is 6.37 Å². The lowest BCUT2D eigenvalue weighted by Gasteiger charge is -2.09. The molecule has 2 rings (SSSR count). The molecule has 0 aliphatic rings. The number of fused-ring (bicyclic) bond motifs is 1. The molecule has 86 valence electrons. The summed E-state index contributed by atoms with van der Waals surface area (Å²) < 4.78 is 82.5. The van der Waals surface area contributed by atoms with Crippen molar-refractivity contribution in [1.82, 2.24) is 9.88 Å². The van der Waals surface area contributed by atoms with Gasteiger partial charge in [0, 0.05) is 37.3 Å². The highest BCUT2D eigenvalue weighted by Gasteiger charge is 2.08. The molecule has 3 heteroatoms. The van der Waals surface area contributed by atoms with Gasteiger partial charge in [-0.3, -0.25) is 0 Å². The fourth-order valence-corrected chi connectivity index (χ4v) is 1.54. The molecule has 0 aliphatic heterocycles. The number of aryl methyl sites for hydroxylation is 1. The lowest BCUT2D eigenvalue weighted by atomic mass is 10.1. The summed E-state index contributed by atoms with van der Waals surface area (Å²) in [4.78, 5) is 2.38. The van der Waals surface area contributed by atoms with Crippen molar-refractivity contribution in [3.8, 4) is 5.75 Å². The van der Waals surface area contributed by atoms with E-state index < -0.39 is 26.8 Å². The van der Waals surface area contributed by atoms with Crippen LogP contribution in [-0.2, 0) is 6.37 Å². The molecule has 0 amide bonds. The van der Waals surface area contributed by atoms with Gasteiger partial charge in [0.2, 0.25) is 0 Å². The van der Waals surface area contributed by atoms with Gasteiger partial charge in [-0.2, -0.15) is 0 Å². The van der Waals surface area contributed by atoms with Gasteiger partial charge in [0.05, 0.1) is 7.11 Å². The monoisotopic (exact) mass is 228 g/mol. The maximum atomic E-state index is 8.31. The molecule has 0 saturated heterocycles. The number of rotatable bonds is 4. The molecule has 1 aromatic heterocycles. The quantitative estimate of drug-likeness (QED) is 0.869. The number of methoxy groups -OCH3 is 1. The Morgan fingerprint density at radius 1 is 1.50 bits per heavy atom. The molecule has 1 aromatic carbocycles. The first-order valence-electron chi connectivity index (χ1n) is 9.60. The summed E-state index contributed by atoms with van der Waals surface area (Å²) in [5, 5.41) is 0.208.